The van der Waals surface area contributed by atoms with Gasteiger partial charge in [-0.05, 0) is 12.1 Å². The highest BCUT2D eigenvalue weighted by molar-refractivity contribution is 9.09. The van der Waals surface area contributed by atoms with Gasteiger partial charge in [0.2, 0.25) is 5.75 Å². The predicted octanol–water partition coefficient (Wildman–Crippen LogP) is 1.86. The molecule has 0 N–H and O–H groups in total. The van der Waals surface area contributed by atoms with Crippen LogP contribution in [0.1, 0.15) is 5.56 Å². The first-order valence-corrected chi connectivity index (χ1v) is 9.02. The molecule has 0 aliphatic carbocycles. The van der Waals surface area contributed by atoms with Crippen LogP contribution in [0, 0.1) is 11.3 Å². The highest BCUT2D eigenvalue weighted by atomic mass is 79.9. The van der Waals surface area contributed by atoms with Crippen LogP contribution >= 0.6 is 15.9 Å². The molecule has 0 aromatic heterocycles. The van der Waals surface area contributed by atoms with Gasteiger partial charge in [-0.1, -0.05) is 15.9 Å². The van der Waals surface area contributed by atoms with Crippen molar-refractivity contribution in [3.8, 4) is 23.3 Å². The van der Waals surface area contributed by atoms with Gasteiger partial charge in [0.15, 0.2) is 25.1 Å². The number of benzene rings is 1. The van der Waals surface area contributed by atoms with Gasteiger partial charge in [-0.15, -0.1) is 0 Å². The molecular formula is C17H22BrNO8. The minimum Gasteiger partial charge on any atom is -0.462 e. The second-order valence-corrected chi connectivity index (χ2v) is 5.38. The summed E-state index contributed by atoms with van der Waals surface area (Å²) < 4.78 is 36.6. The van der Waals surface area contributed by atoms with Crippen LogP contribution in [0.3, 0.4) is 0 Å². The van der Waals surface area contributed by atoms with E-state index in [0.29, 0.717) is 26.4 Å². The molecule has 1 rings (SSSR count). The quantitative estimate of drug-likeness (QED) is 0.139. The Bertz CT molecular complexity index is 620. The number of nitrogens with zero attached hydrogens (tertiary/aromatic N) is 1. The van der Waals surface area contributed by atoms with Crippen LogP contribution in [-0.2, 0) is 23.7 Å². The molecular weight excluding hydrogens is 426 g/mol. The van der Waals surface area contributed by atoms with E-state index in [1.807, 2.05) is 6.07 Å². The minimum absolute atomic E-state index is 0.00685. The Morgan fingerprint density at radius 2 is 1.59 bits per heavy atom. The van der Waals surface area contributed by atoms with E-state index in [2.05, 4.69) is 15.9 Å². The molecule has 10 heteroatoms. The fraction of sp³-hybridized carbons (Fsp3) is 0.529. The number of ether oxygens (including phenoxy) is 7. The van der Waals surface area contributed by atoms with Crippen molar-refractivity contribution >= 4 is 21.9 Å². The van der Waals surface area contributed by atoms with E-state index in [1.165, 1.54) is 12.1 Å². The molecule has 0 spiro atoms. The molecule has 0 saturated carbocycles. The molecule has 1 aromatic rings. The number of alkyl halides is 1. The van der Waals surface area contributed by atoms with Gasteiger partial charge >= 0.3 is 5.97 Å². The lowest BCUT2D eigenvalue weighted by Crippen LogP contribution is -2.14. The second kappa shape index (κ2) is 14.2. The zero-order chi connectivity index (χ0) is 19.9. The van der Waals surface area contributed by atoms with Crippen molar-refractivity contribution < 1.29 is 38.0 Å². The second-order valence-electron chi connectivity index (χ2n) is 4.82. The first kappa shape index (κ1) is 23.1. The van der Waals surface area contributed by atoms with Crippen LogP contribution in [0.4, 0.5) is 0 Å². The monoisotopic (exact) mass is 447 g/mol. The van der Waals surface area contributed by atoms with Crippen molar-refractivity contribution in [2.45, 2.75) is 0 Å². The number of nitriles is 1. The van der Waals surface area contributed by atoms with Gasteiger partial charge in [-0.2, -0.15) is 5.26 Å². The molecule has 27 heavy (non-hydrogen) atoms. The molecule has 0 aliphatic heterocycles. The SMILES string of the molecule is COCCOCOc1c(C#N)ccc(OC(=O)CBr)c1OCOCCOC. The number of esters is 1. The average molecular weight is 448 g/mol. The molecule has 0 heterocycles. The van der Waals surface area contributed by atoms with Crippen molar-refractivity contribution in [1.29, 1.82) is 5.26 Å². The smallest absolute Gasteiger partial charge is 0.322 e. The number of halogens is 1. The number of carbonyl (C=O) groups is 1. The van der Waals surface area contributed by atoms with Gasteiger partial charge in [-0.3, -0.25) is 4.79 Å². The summed E-state index contributed by atoms with van der Waals surface area (Å²) in [5, 5.41) is 9.33. The highest BCUT2D eigenvalue weighted by Crippen LogP contribution is 2.40. The van der Waals surface area contributed by atoms with Crippen molar-refractivity contribution in [2.24, 2.45) is 0 Å². The molecule has 0 fully saturated rings. The van der Waals surface area contributed by atoms with Crippen molar-refractivity contribution in [3.05, 3.63) is 17.7 Å². The van der Waals surface area contributed by atoms with E-state index in [0.717, 1.165) is 0 Å². The molecule has 0 amide bonds. The number of hydrogen-bond donors (Lipinski definition) is 0. The average Bonchev–Trinajstić information content (AvgIpc) is 2.68. The lowest BCUT2D eigenvalue weighted by Gasteiger charge is -2.17. The summed E-state index contributed by atoms with van der Waals surface area (Å²) in [6.07, 6.45) is 0. The molecule has 9 nitrogen and oxygen atoms in total. The standard InChI is InChI=1S/C17H22BrNO8/c1-21-5-7-23-11-25-16-13(10-19)3-4-14(27-15(20)9-18)17(16)26-12-24-8-6-22-2/h3-4H,5-9,11-12H2,1-2H3. The van der Waals surface area contributed by atoms with E-state index in [-0.39, 0.29) is 41.7 Å². The van der Waals surface area contributed by atoms with E-state index >= 15 is 0 Å². The maximum absolute atomic E-state index is 11.6. The summed E-state index contributed by atoms with van der Waals surface area (Å²) in [6, 6.07) is 4.90. The van der Waals surface area contributed by atoms with Crippen molar-refractivity contribution in [1.82, 2.24) is 0 Å². The van der Waals surface area contributed by atoms with Crippen LogP contribution < -0.4 is 14.2 Å². The Hall–Kier alpha value is -1.90. The summed E-state index contributed by atoms with van der Waals surface area (Å²) in [5.41, 5.74) is 0.191. The van der Waals surface area contributed by atoms with E-state index in [4.69, 9.17) is 33.2 Å². The molecule has 0 atom stereocenters. The molecule has 0 radical (unpaired) electrons. The summed E-state index contributed by atoms with van der Waals surface area (Å²) in [5.74, 6) is -0.283. The molecule has 0 unspecified atom stereocenters. The molecule has 0 bridgehead atoms. The normalized spacial score (nSPS) is 10.3. The highest BCUT2D eigenvalue weighted by Gasteiger charge is 2.20. The largest absolute Gasteiger partial charge is 0.462 e. The molecule has 1 aromatic carbocycles. The minimum atomic E-state index is -0.535. The van der Waals surface area contributed by atoms with Crippen LogP contribution in [0.5, 0.6) is 17.2 Å². The van der Waals surface area contributed by atoms with Crippen LogP contribution in [0.15, 0.2) is 12.1 Å². The molecule has 0 aliphatic rings. The Balaban J connectivity index is 2.96. The van der Waals surface area contributed by atoms with Gasteiger partial charge in [0.25, 0.3) is 0 Å². The summed E-state index contributed by atoms with van der Waals surface area (Å²) in [4.78, 5) is 11.6. The fourth-order valence-corrected chi connectivity index (χ4v) is 1.86. The zero-order valence-electron chi connectivity index (χ0n) is 15.2. The maximum Gasteiger partial charge on any atom is 0.322 e. The summed E-state index contributed by atoms with van der Waals surface area (Å²) >= 11 is 3.02. The third-order valence-electron chi connectivity index (χ3n) is 2.97. The van der Waals surface area contributed by atoms with Gasteiger partial charge in [0, 0.05) is 14.2 Å². The summed E-state index contributed by atoms with van der Waals surface area (Å²) in [7, 11) is 3.10. The number of methoxy groups -OCH3 is 2. The third-order valence-corrected chi connectivity index (χ3v) is 3.42. The maximum atomic E-state index is 11.6. The van der Waals surface area contributed by atoms with E-state index < -0.39 is 5.97 Å². The van der Waals surface area contributed by atoms with Crippen LogP contribution in [-0.4, -0.2) is 65.5 Å². The van der Waals surface area contributed by atoms with Gasteiger partial charge in [0.05, 0.1) is 32.0 Å². The Morgan fingerprint density at radius 3 is 2.11 bits per heavy atom. The van der Waals surface area contributed by atoms with Crippen molar-refractivity contribution in [2.75, 3.05) is 59.6 Å². The summed E-state index contributed by atoms with van der Waals surface area (Å²) in [6.45, 7) is 1.11. The third kappa shape index (κ3) is 8.55. The lowest BCUT2D eigenvalue weighted by atomic mass is 10.2. The Morgan fingerprint density at radius 1 is 1.00 bits per heavy atom. The van der Waals surface area contributed by atoms with Gasteiger partial charge in [0.1, 0.15) is 11.4 Å². The molecule has 150 valence electrons. The van der Waals surface area contributed by atoms with E-state index in [9.17, 15) is 10.1 Å². The van der Waals surface area contributed by atoms with Crippen LogP contribution in [0.25, 0.3) is 0 Å². The lowest BCUT2D eigenvalue weighted by molar-refractivity contribution is -0.131. The first-order valence-electron chi connectivity index (χ1n) is 7.90. The fourth-order valence-electron chi connectivity index (χ4n) is 1.75. The predicted molar refractivity (Wildman–Crippen MR) is 97.2 cm³/mol. The number of rotatable bonds is 14. The Kier molecular flexibility index (Phi) is 12.2. The van der Waals surface area contributed by atoms with Crippen LogP contribution in [0.2, 0.25) is 0 Å². The zero-order valence-corrected chi connectivity index (χ0v) is 16.8. The topological polar surface area (TPSA) is 105 Å². The van der Waals surface area contributed by atoms with Gasteiger partial charge < -0.3 is 33.2 Å². The van der Waals surface area contributed by atoms with Gasteiger partial charge in [-0.25, -0.2) is 0 Å². The number of hydrogen-bond acceptors (Lipinski definition) is 9. The van der Waals surface area contributed by atoms with E-state index in [1.54, 1.807) is 14.2 Å². The first-order chi connectivity index (χ1) is 13.2. The molecule has 0 saturated heterocycles. The Labute approximate surface area is 166 Å². The number of carbonyl (C=O) groups excluding carboxylic acids is 1. The van der Waals surface area contributed by atoms with Crippen molar-refractivity contribution in [3.63, 3.8) is 0 Å².